The van der Waals surface area contributed by atoms with E-state index in [1.54, 1.807) is 0 Å². The zero-order valence-electron chi connectivity index (χ0n) is 18.4. The van der Waals surface area contributed by atoms with Gasteiger partial charge in [0.1, 0.15) is 11.6 Å². The molecule has 3 nitrogen and oxygen atoms in total. The van der Waals surface area contributed by atoms with E-state index in [0.717, 1.165) is 51.1 Å². The van der Waals surface area contributed by atoms with Gasteiger partial charge in [0.2, 0.25) is 0 Å². The Labute approximate surface area is 176 Å². The number of carbonyl (C=O) groups is 2. The fraction of sp³-hybridized carbons (Fsp3) is 0.846. The van der Waals surface area contributed by atoms with Gasteiger partial charge in [-0.25, -0.2) is 0 Å². The van der Waals surface area contributed by atoms with Crippen molar-refractivity contribution in [2.45, 2.75) is 78.1 Å². The van der Waals surface area contributed by atoms with Crippen LogP contribution in [0, 0.1) is 46.3 Å². The van der Waals surface area contributed by atoms with Gasteiger partial charge < -0.3 is 5.32 Å². The standard InChI is InChI=1S/C26H39NO2/c1-25-11-7-18(4-3-17-9-13-27-14-10-17)15-22(25)23(28)16-19-20-5-6-24(29)26(20,2)12-8-21(19)25/h3-4,17-22,27H,5-16H2,1-2H3/b4-3-/t18-,19+,20+,21+,22?,25-,26+/m1/s1. The van der Waals surface area contributed by atoms with E-state index in [1.165, 1.54) is 32.1 Å². The highest BCUT2D eigenvalue weighted by Gasteiger charge is 2.62. The molecule has 0 bridgehead atoms. The van der Waals surface area contributed by atoms with Crippen molar-refractivity contribution in [3.63, 3.8) is 0 Å². The number of ketones is 2. The Kier molecular flexibility index (Phi) is 5.04. The van der Waals surface area contributed by atoms with Crippen LogP contribution in [0.2, 0.25) is 0 Å². The maximum absolute atomic E-state index is 13.4. The molecule has 3 heteroatoms. The lowest BCUT2D eigenvalue weighted by Gasteiger charge is -2.59. The third kappa shape index (κ3) is 3.18. The fourth-order valence-electron chi connectivity index (χ4n) is 8.37. The molecule has 0 aromatic heterocycles. The second-order valence-electron chi connectivity index (χ2n) is 11.5. The van der Waals surface area contributed by atoms with Crippen LogP contribution in [0.5, 0.6) is 0 Å². The first kappa shape index (κ1) is 20.0. The van der Waals surface area contributed by atoms with Gasteiger partial charge in [-0.3, -0.25) is 9.59 Å². The first-order chi connectivity index (χ1) is 13.9. The van der Waals surface area contributed by atoms with Crippen molar-refractivity contribution in [1.82, 2.24) is 5.32 Å². The topological polar surface area (TPSA) is 46.2 Å². The van der Waals surface area contributed by atoms with Crippen molar-refractivity contribution < 1.29 is 9.59 Å². The molecule has 1 unspecified atom stereocenters. The molecule has 1 saturated heterocycles. The van der Waals surface area contributed by atoms with Crippen molar-refractivity contribution in [1.29, 1.82) is 0 Å². The Balaban J connectivity index is 1.32. The smallest absolute Gasteiger partial charge is 0.139 e. The monoisotopic (exact) mass is 397 g/mol. The van der Waals surface area contributed by atoms with E-state index in [4.69, 9.17) is 0 Å². The zero-order chi connectivity index (χ0) is 20.2. The molecule has 7 atom stereocenters. The Bertz CT molecular complexity index is 707. The highest BCUT2D eigenvalue weighted by atomic mass is 16.1. The van der Waals surface area contributed by atoms with Gasteiger partial charge >= 0.3 is 0 Å². The van der Waals surface area contributed by atoms with Crippen LogP contribution in [0.3, 0.4) is 0 Å². The lowest BCUT2D eigenvalue weighted by molar-refractivity contribution is -0.157. The first-order valence-electron chi connectivity index (χ1n) is 12.4. The quantitative estimate of drug-likeness (QED) is 0.671. The van der Waals surface area contributed by atoms with E-state index < -0.39 is 0 Å². The summed E-state index contributed by atoms with van der Waals surface area (Å²) in [6, 6.07) is 0. The highest BCUT2D eigenvalue weighted by molar-refractivity contribution is 5.88. The van der Waals surface area contributed by atoms with Gasteiger partial charge in [0.05, 0.1) is 0 Å². The van der Waals surface area contributed by atoms with E-state index >= 15 is 0 Å². The summed E-state index contributed by atoms with van der Waals surface area (Å²) in [5.74, 6) is 4.16. The minimum atomic E-state index is -0.126. The van der Waals surface area contributed by atoms with Gasteiger partial charge in [-0.15, -0.1) is 0 Å². The molecule has 0 amide bonds. The summed E-state index contributed by atoms with van der Waals surface area (Å²) in [7, 11) is 0. The van der Waals surface area contributed by atoms with Crippen molar-refractivity contribution in [3.8, 4) is 0 Å². The summed E-state index contributed by atoms with van der Waals surface area (Å²) in [5, 5.41) is 3.45. The highest BCUT2D eigenvalue weighted by Crippen LogP contribution is 2.65. The SMILES string of the molecule is C[C@]12CC[C@@H](/C=C\C3CCNCC3)CC1C(=O)C[C@@H]1[C@@H]2CC[C@]2(C)C(=O)CC[C@@H]12. The Hall–Kier alpha value is -0.960. The van der Waals surface area contributed by atoms with Crippen LogP contribution in [-0.2, 0) is 9.59 Å². The number of allylic oxidation sites excluding steroid dienone is 2. The molecule has 5 fully saturated rings. The van der Waals surface area contributed by atoms with E-state index in [9.17, 15) is 9.59 Å². The van der Waals surface area contributed by atoms with Crippen LogP contribution in [0.1, 0.15) is 78.1 Å². The van der Waals surface area contributed by atoms with Crippen LogP contribution in [0.4, 0.5) is 0 Å². The number of piperidine rings is 1. The van der Waals surface area contributed by atoms with Crippen molar-refractivity contribution in [2.75, 3.05) is 13.1 Å². The van der Waals surface area contributed by atoms with Gasteiger partial charge in [0.15, 0.2) is 0 Å². The average molecular weight is 398 g/mol. The van der Waals surface area contributed by atoms with Crippen LogP contribution < -0.4 is 5.32 Å². The molecule has 1 heterocycles. The Morgan fingerprint density at radius 1 is 0.897 bits per heavy atom. The minimum absolute atomic E-state index is 0.126. The number of carbonyl (C=O) groups excluding carboxylic acids is 2. The molecule has 1 N–H and O–H groups in total. The van der Waals surface area contributed by atoms with Gasteiger partial charge in [-0.05, 0) is 99.5 Å². The van der Waals surface area contributed by atoms with Crippen LogP contribution in [0.25, 0.3) is 0 Å². The second kappa shape index (κ2) is 7.32. The fourth-order valence-corrected chi connectivity index (χ4v) is 8.37. The molecule has 160 valence electrons. The minimum Gasteiger partial charge on any atom is -0.317 e. The molecular formula is C26H39NO2. The molecule has 4 saturated carbocycles. The number of hydrogen-bond donors (Lipinski definition) is 1. The molecule has 29 heavy (non-hydrogen) atoms. The molecule has 1 aliphatic heterocycles. The normalized spacial score (nSPS) is 48.4. The molecule has 5 aliphatic rings. The Morgan fingerprint density at radius 3 is 2.45 bits per heavy atom. The van der Waals surface area contributed by atoms with Crippen LogP contribution in [-0.4, -0.2) is 24.7 Å². The Morgan fingerprint density at radius 2 is 1.66 bits per heavy atom. The van der Waals surface area contributed by atoms with E-state index in [-0.39, 0.29) is 16.7 Å². The van der Waals surface area contributed by atoms with Crippen molar-refractivity contribution in [3.05, 3.63) is 12.2 Å². The summed E-state index contributed by atoms with van der Waals surface area (Å²) < 4.78 is 0. The predicted octanol–water partition coefficient (Wildman–Crippen LogP) is 4.95. The maximum Gasteiger partial charge on any atom is 0.139 e. The molecule has 0 aromatic rings. The van der Waals surface area contributed by atoms with E-state index in [0.29, 0.717) is 35.2 Å². The number of fused-ring (bicyclic) bond motifs is 5. The largest absolute Gasteiger partial charge is 0.317 e. The second-order valence-corrected chi connectivity index (χ2v) is 11.5. The molecule has 0 radical (unpaired) electrons. The first-order valence-corrected chi connectivity index (χ1v) is 12.4. The third-order valence-electron chi connectivity index (χ3n) is 10.2. The van der Waals surface area contributed by atoms with Gasteiger partial charge in [0.25, 0.3) is 0 Å². The predicted molar refractivity (Wildman–Crippen MR) is 115 cm³/mol. The molecule has 5 rings (SSSR count). The number of rotatable bonds is 2. The summed E-state index contributed by atoms with van der Waals surface area (Å²) in [5.41, 5.74) is 0.0471. The molecular weight excluding hydrogens is 358 g/mol. The summed E-state index contributed by atoms with van der Waals surface area (Å²) in [6.45, 7) is 6.94. The van der Waals surface area contributed by atoms with Gasteiger partial charge in [-0.2, -0.15) is 0 Å². The summed E-state index contributed by atoms with van der Waals surface area (Å²) >= 11 is 0. The number of hydrogen-bond acceptors (Lipinski definition) is 3. The molecule has 4 aliphatic carbocycles. The van der Waals surface area contributed by atoms with Gasteiger partial charge in [-0.1, -0.05) is 26.0 Å². The van der Waals surface area contributed by atoms with E-state index in [1.807, 2.05) is 0 Å². The van der Waals surface area contributed by atoms with Gasteiger partial charge in [0, 0.05) is 24.2 Å². The maximum atomic E-state index is 13.4. The van der Waals surface area contributed by atoms with Crippen LogP contribution in [0.15, 0.2) is 12.2 Å². The number of nitrogens with one attached hydrogen (secondary N) is 1. The lowest BCUT2D eigenvalue weighted by atomic mass is 9.44. The molecule has 0 spiro atoms. The third-order valence-corrected chi connectivity index (χ3v) is 10.2. The summed E-state index contributed by atoms with van der Waals surface area (Å²) in [6.07, 6.45) is 15.7. The summed E-state index contributed by atoms with van der Waals surface area (Å²) in [4.78, 5) is 26.0. The van der Waals surface area contributed by atoms with Crippen molar-refractivity contribution in [2.24, 2.45) is 46.3 Å². The molecule has 0 aromatic carbocycles. The lowest BCUT2D eigenvalue weighted by Crippen LogP contribution is -2.56. The van der Waals surface area contributed by atoms with Crippen LogP contribution >= 0.6 is 0 Å². The number of Topliss-reactive ketones (excluding diaryl/α,β-unsaturated/α-hetero) is 2. The van der Waals surface area contributed by atoms with Crippen molar-refractivity contribution >= 4 is 11.6 Å². The zero-order valence-corrected chi connectivity index (χ0v) is 18.4. The average Bonchev–Trinajstić information content (AvgIpc) is 3.03. The van der Waals surface area contributed by atoms with E-state index in [2.05, 4.69) is 31.3 Å².